The second-order valence-corrected chi connectivity index (χ2v) is 8.72. The molecule has 2 N–H and O–H groups in total. The van der Waals surface area contributed by atoms with Crippen LogP contribution in [0, 0.1) is 5.92 Å². The van der Waals surface area contributed by atoms with Crippen LogP contribution in [-0.4, -0.2) is 49.4 Å². The molecule has 3 rings (SSSR count). The van der Waals surface area contributed by atoms with Gasteiger partial charge in [0.05, 0.1) is 23.9 Å². The maximum absolute atomic E-state index is 13.0. The number of carbonyl (C=O) groups excluding carboxylic acids is 3. The van der Waals surface area contributed by atoms with E-state index in [4.69, 9.17) is 27.9 Å². The highest BCUT2D eigenvalue weighted by atomic mass is 35.5. The van der Waals surface area contributed by atoms with Crippen molar-refractivity contribution in [2.24, 2.45) is 5.92 Å². The average molecular weight is 492 g/mol. The minimum Gasteiger partial charge on any atom is -0.496 e. The Labute approximate surface area is 203 Å². The van der Waals surface area contributed by atoms with Gasteiger partial charge in [-0.2, -0.15) is 0 Å². The number of anilines is 1. The summed E-state index contributed by atoms with van der Waals surface area (Å²) < 4.78 is 5.29. The van der Waals surface area contributed by atoms with Gasteiger partial charge in [0.2, 0.25) is 5.91 Å². The number of hydrogen-bond acceptors (Lipinski definition) is 4. The number of halogens is 2. The van der Waals surface area contributed by atoms with E-state index in [2.05, 4.69) is 10.6 Å². The monoisotopic (exact) mass is 491 g/mol. The van der Waals surface area contributed by atoms with E-state index in [1.807, 2.05) is 6.92 Å². The van der Waals surface area contributed by atoms with Gasteiger partial charge in [-0.05, 0) is 55.7 Å². The summed E-state index contributed by atoms with van der Waals surface area (Å²) in [5.41, 5.74) is 1.14. The molecule has 0 bridgehead atoms. The molecule has 1 aliphatic heterocycles. The maximum Gasteiger partial charge on any atom is 0.257 e. The number of amides is 3. The van der Waals surface area contributed by atoms with E-state index >= 15 is 0 Å². The topological polar surface area (TPSA) is 87.7 Å². The van der Waals surface area contributed by atoms with Gasteiger partial charge in [-0.3, -0.25) is 14.4 Å². The quantitative estimate of drug-likeness (QED) is 0.590. The zero-order valence-corrected chi connectivity index (χ0v) is 20.1. The van der Waals surface area contributed by atoms with Crippen molar-refractivity contribution in [1.29, 1.82) is 0 Å². The molecule has 0 aliphatic carbocycles. The minimum absolute atomic E-state index is 0.182. The first-order chi connectivity index (χ1) is 15.8. The smallest absolute Gasteiger partial charge is 0.257 e. The summed E-state index contributed by atoms with van der Waals surface area (Å²) in [5.74, 6) is -0.480. The van der Waals surface area contributed by atoms with E-state index < -0.39 is 0 Å². The Kier molecular flexibility index (Phi) is 8.58. The molecule has 0 saturated carbocycles. The molecule has 2 aromatic rings. The predicted molar refractivity (Wildman–Crippen MR) is 129 cm³/mol. The first kappa shape index (κ1) is 24.9. The fourth-order valence-corrected chi connectivity index (χ4v) is 4.09. The summed E-state index contributed by atoms with van der Waals surface area (Å²) in [5, 5.41) is 6.54. The zero-order valence-electron chi connectivity index (χ0n) is 18.6. The Bertz CT molecular complexity index is 1040. The summed E-state index contributed by atoms with van der Waals surface area (Å²) in [6.45, 7) is 3.35. The van der Waals surface area contributed by atoms with Crippen molar-refractivity contribution in [1.82, 2.24) is 10.2 Å². The molecule has 0 spiro atoms. The molecule has 33 heavy (non-hydrogen) atoms. The van der Waals surface area contributed by atoms with Crippen molar-refractivity contribution in [3.8, 4) is 5.75 Å². The lowest BCUT2D eigenvalue weighted by molar-refractivity contribution is -0.121. The normalized spacial score (nSPS) is 14.0. The first-order valence-electron chi connectivity index (χ1n) is 10.9. The van der Waals surface area contributed by atoms with Crippen molar-refractivity contribution in [3.63, 3.8) is 0 Å². The fraction of sp³-hybridized carbons (Fsp3) is 0.375. The Hall–Kier alpha value is -2.77. The number of nitrogens with zero attached hydrogens (tertiary/aromatic N) is 1. The van der Waals surface area contributed by atoms with Crippen LogP contribution in [0.5, 0.6) is 5.75 Å². The van der Waals surface area contributed by atoms with Crippen LogP contribution >= 0.6 is 23.2 Å². The Morgan fingerprint density at radius 3 is 2.36 bits per heavy atom. The lowest BCUT2D eigenvalue weighted by atomic mass is 9.95. The fourth-order valence-electron chi connectivity index (χ4n) is 3.75. The third-order valence-electron chi connectivity index (χ3n) is 5.56. The van der Waals surface area contributed by atoms with Crippen LogP contribution in [0.15, 0.2) is 36.4 Å². The molecule has 0 unspecified atom stereocenters. The van der Waals surface area contributed by atoms with Crippen LogP contribution in [0.3, 0.4) is 0 Å². The molecule has 9 heteroatoms. The second-order valence-electron chi connectivity index (χ2n) is 7.85. The molecule has 1 heterocycles. The molecule has 0 aromatic heterocycles. The summed E-state index contributed by atoms with van der Waals surface area (Å²) >= 11 is 12.2. The molecular formula is C24H27Cl2N3O4. The molecule has 2 aromatic carbocycles. The van der Waals surface area contributed by atoms with Gasteiger partial charge in [0.1, 0.15) is 5.75 Å². The molecule has 1 fully saturated rings. The zero-order chi connectivity index (χ0) is 24.0. The largest absolute Gasteiger partial charge is 0.496 e. The molecule has 3 amide bonds. The van der Waals surface area contributed by atoms with Crippen LogP contribution in [0.25, 0.3) is 0 Å². The third kappa shape index (κ3) is 6.18. The number of likely N-dealkylation sites (tertiary alicyclic amines) is 1. The van der Waals surface area contributed by atoms with Gasteiger partial charge in [0.15, 0.2) is 0 Å². The number of ether oxygens (including phenoxy) is 1. The lowest BCUT2D eigenvalue weighted by Crippen LogP contribution is -2.41. The van der Waals surface area contributed by atoms with Gasteiger partial charge in [0, 0.05) is 35.6 Å². The van der Waals surface area contributed by atoms with Gasteiger partial charge in [0.25, 0.3) is 11.8 Å². The van der Waals surface area contributed by atoms with Crippen LogP contribution in [-0.2, 0) is 4.79 Å². The standard InChI is InChI=1S/C24H27Cl2N3O4/c1-3-10-27-23(31)18-6-4-17(26)14-20(18)28-22(30)15-8-11-29(12-9-15)24(32)19-13-16(25)5-7-21(19)33-2/h4-7,13-15H,3,8-12H2,1-2H3,(H,27,31)(H,28,30). The van der Waals surface area contributed by atoms with E-state index in [9.17, 15) is 14.4 Å². The van der Waals surface area contributed by atoms with Crippen LogP contribution in [0.4, 0.5) is 5.69 Å². The average Bonchev–Trinajstić information content (AvgIpc) is 2.82. The number of carbonyl (C=O) groups is 3. The molecule has 1 saturated heterocycles. The SMILES string of the molecule is CCCNC(=O)c1ccc(Cl)cc1NC(=O)C1CCN(C(=O)c2cc(Cl)ccc2OC)CC1. The summed E-state index contributed by atoms with van der Waals surface area (Å²) in [6.07, 6.45) is 1.80. The van der Waals surface area contributed by atoms with Crippen molar-refractivity contribution in [2.45, 2.75) is 26.2 Å². The Morgan fingerprint density at radius 1 is 1.03 bits per heavy atom. The van der Waals surface area contributed by atoms with Crippen molar-refractivity contribution in [3.05, 3.63) is 57.6 Å². The van der Waals surface area contributed by atoms with Crippen LogP contribution < -0.4 is 15.4 Å². The van der Waals surface area contributed by atoms with Crippen LogP contribution in [0.2, 0.25) is 10.0 Å². The van der Waals surface area contributed by atoms with E-state index in [-0.39, 0.29) is 23.6 Å². The Morgan fingerprint density at radius 2 is 1.70 bits per heavy atom. The number of piperidine rings is 1. The number of hydrogen-bond donors (Lipinski definition) is 2. The summed E-state index contributed by atoms with van der Waals surface area (Å²) in [7, 11) is 1.50. The van der Waals surface area contributed by atoms with Gasteiger partial charge >= 0.3 is 0 Å². The maximum atomic E-state index is 13.0. The molecule has 7 nitrogen and oxygen atoms in total. The van der Waals surface area contributed by atoms with Gasteiger partial charge < -0.3 is 20.3 Å². The van der Waals surface area contributed by atoms with Gasteiger partial charge in [-0.1, -0.05) is 30.1 Å². The molecule has 0 atom stereocenters. The van der Waals surface area contributed by atoms with Gasteiger partial charge in [-0.15, -0.1) is 0 Å². The van der Waals surface area contributed by atoms with E-state index in [1.165, 1.54) is 7.11 Å². The number of benzene rings is 2. The van der Waals surface area contributed by atoms with E-state index in [1.54, 1.807) is 41.3 Å². The third-order valence-corrected chi connectivity index (χ3v) is 6.03. The van der Waals surface area contributed by atoms with Crippen molar-refractivity contribution < 1.29 is 19.1 Å². The van der Waals surface area contributed by atoms with Crippen molar-refractivity contribution >= 4 is 46.6 Å². The van der Waals surface area contributed by atoms with E-state index in [0.717, 1.165) is 6.42 Å². The second kappa shape index (κ2) is 11.4. The number of rotatable bonds is 7. The first-order valence-corrected chi connectivity index (χ1v) is 11.6. The highest BCUT2D eigenvalue weighted by molar-refractivity contribution is 6.31. The minimum atomic E-state index is -0.291. The number of nitrogens with one attached hydrogen (secondary N) is 2. The Balaban J connectivity index is 1.65. The van der Waals surface area contributed by atoms with E-state index in [0.29, 0.717) is 65.1 Å². The molecule has 1 aliphatic rings. The lowest BCUT2D eigenvalue weighted by Gasteiger charge is -2.31. The van der Waals surface area contributed by atoms with Crippen molar-refractivity contribution in [2.75, 3.05) is 32.1 Å². The molecular weight excluding hydrogens is 465 g/mol. The highest BCUT2D eigenvalue weighted by Gasteiger charge is 2.29. The summed E-state index contributed by atoms with van der Waals surface area (Å²) in [6, 6.07) is 9.71. The predicted octanol–water partition coefficient (Wildman–Crippen LogP) is 4.63. The highest BCUT2D eigenvalue weighted by Crippen LogP contribution is 2.28. The van der Waals surface area contributed by atoms with Crippen LogP contribution in [0.1, 0.15) is 46.9 Å². The molecule has 176 valence electrons. The number of methoxy groups -OCH3 is 1. The van der Waals surface area contributed by atoms with Gasteiger partial charge in [-0.25, -0.2) is 0 Å². The summed E-state index contributed by atoms with van der Waals surface area (Å²) in [4.78, 5) is 40.1. The molecule has 0 radical (unpaired) electrons.